The highest BCUT2D eigenvalue weighted by atomic mass is 32.1. The van der Waals surface area contributed by atoms with Gasteiger partial charge in [-0.1, -0.05) is 36.5 Å². The maximum atomic E-state index is 5.26. The molecule has 0 aromatic heterocycles. The van der Waals surface area contributed by atoms with E-state index in [1.165, 1.54) is 0 Å². The van der Waals surface area contributed by atoms with Gasteiger partial charge in [-0.3, -0.25) is 0 Å². The molecule has 4 atom stereocenters. The minimum absolute atomic E-state index is 0.377. The molecule has 0 saturated heterocycles. The predicted molar refractivity (Wildman–Crippen MR) is 48.3 cm³/mol. The smallest absolute Gasteiger partial charge is 0.0804 e. The standard InChI is InChI=1S/C9H9NS/c11-9-8-6-3-1-5(10-9)2-4-7(6)8/h1-8H,(H,10,11)/t5?,6-,7+,8?. The summed E-state index contributed by atoms with van der Waals surface area (Å²) >= 11 is 5.26. The molecule has 1 N–H and O–H groups in total. The van der Waals surface area contributed by atoms with Gasteiger partial charge in [0.2, 0.25) is 0 Å². The average Bonchev–Trinajstić information content (AvgIpc) is 2.64. The Balaban J connectivity index is 2.11. The second-order valence-corrected chi connectivity index (χ2v) is 3.92. The number of thiocarbonyl (C=S) groups is 1. The molecule has 0 spiro atoms. The molecular formula is C9H9NS. The third-order valence-corrected chi connectivity index (χ3v) is 3.22. The number of nitrogens with one attached hydrogen (secondary N) is 1. The first-order valence-corrected chi connectivity index (χ1v) is 4.44. The quantitative estimate of drug-likeness (QED) is 0.426. The van der Waals surface area contributed by atoms with Crippen LogP contribution in [0.4, 0.5) is 0 Å². The molecule has 1 saturated carbocycles. The van der Waals surface area contributed by atoms with Crippen LogP contribution >= 0.6 is 12.2 Å². The van der Waals surface area contributed by atoms with Crippen molar-refractivity contribution in [3.05, 3.63) is 24.3 Å². The summed E-state index contributed by atoms with van der Waals surface area (Å²) in [6.07, 6.45) is 9.07. The van der Waals surface area contributed by atoms with Crippen LogP contribution in [0.1, 0.15) is 0 Å². The summed E-state index contributed by atoms with van der Waals surface area (Å²) in [6, 6.07) is 0.377. The number of rotatable bonds is 0. The highest BCUT2D eigenvalue weighted by Crippen LogP contribution is 2.51. The lowest BCUT2D eigenvalue weighted by Crippen LogP contribution is -2.30. The van der Waals surface area contributed by atoms with E-state index >= 15 is 0 Å². The number of fused-ring (bicyclic) bond motifs is 1. The van der Waals surface area contributed by atoms with Gasteiger partial charge in [-0.2, -0.15) is 0 Å². The van der Waals surface area contributed by atoms with E-state index in [9.17, 15) is 0 Å². The van der Waals surface area contributed by atoms with Gasteiger partial charge in [-0.25, -0.2) is 0 Å². The Morgan fingerprint density at radius 3 is 2.36 bits per heavy atom. The van der Waals surface area contributed by atoms with Gasteiger partial charge in [0.1, 0.15) is 0 Å². The van der Waals surface area contributed by atoms with Gasteiger partial charge in [0.15, 0.2) is 0 Å². The van der Waals surface area contributed by atoms with Crippen molar-refractivity contribution in [3.63, 3.8) is 0 Å². The zero-order valence-electron chi connectivity index (χ0n) is 6.03. The summed E-state index contributed by atoms with van der Waals surface area (Å²) in [6.45, 7) is 0. The van der Waals surface area contributed by atoms with E-state index in [4.69, 9.17) is 12.2 Å². The van der Waals surface area contributed by atoms with Gasteiger partial charge < -0.3 is 5.32 Å². The van der Waals surface area contributed by atoms with E-state index in [0.717, 1.165) is 16.8 Å². The number of hydrogen-bond donors (Lipinski definition) is 1. The fraction of sp³-hybridized carbons (Fsp3) is 0.444. The van der Waals surface area contributed by atoms with Crippen LogP contribution in [-0.4, -0.2) is 11.0 Å². The first-order chi connectivity index (χ1) is 5.36. The lowest BCUT2D eigenvalue weighted by atomic mass is 10.2. The van der Waals surface area contributed by atoms with E-state index < -0.39 is 0 Å². The Bertz CT molecular complexity index is 259. The van der Waals surface area contributed by atoms with Crippen molar-refractivity contribution in [2.75, 3.05) is 0 Å². The molecule has 2 heteroatoms. The summed E-state index contributed by atoms with van der Waals surface area (Å²) < 4.78 is 0. The normalized spacial score (nSPS) is 50.0. The Hall–Kier alpha value is -0.630. The largest absolute Gasteiger partial charge is 0.370 e. The molecule has 0 amide bonds. The van der Waals surface area contributed by atoms with E-state index in [1.807, 2.05) is 0 Å². The molecular weight excluding hydrogens is 154 g/mol. The fourth-order valence-electron chi connectivity index (χ4n) is 2.12. The van der Waals surface area contributed by atoms with Crippen molar-refractivity contribution in [1.82, 2.24) is 5.32 Å². The van der Waals surface area contributed by atoms with Gasteiger partial charge in [-0.05, 0) is 11.8 Å². The molecule has 2 aliphatic heterocycles. The van der Waals surface area contributed by atoms with Gasteiger partial charge in [-0.15, -0.1) is 0 Å². The van der Waals surface area contributed by atoms with Crippen LogP contribution in [0.25, 0.3) is 0 Å². The van der Waals surface area contributed by atoms with Gasteiger partial charge in [0.25, 0.3) is 0 Å². The molecule has 4 rings (SSSR count). The number of allylic oxidation sites excluding steroid dienone is 2. The molecule has 1 nitrogen and oxygen atoms in total. The maximum absolute atomic E-state index is 5.26. The monoisotopic (exact) mass is 163 g/mol. The van der Waals surface area contributed by atoms with Crippen LogP contribution in [0.5, 0.6) is 0 Å². The lowest BCUT2D eigenvalue weighted by Gasteiger charge is -2.08. The zero-order valence-corrected chi connectivity index (χ0v) is 6.84. The van der Waals surface area contributed by atoms with Crippen molar-refractivity contribution in [3.8, 4) is 0 Å². The summed E-state index contributed by atoms with van der Waals surface area (Å²) in [5.41, 5.74) is 0. The van der Waals surface area contributed by atoms with Crippen LogP contribution in [0.15, 0.2) is 24.3 Å². The minimum Gasteiger partial charge on any atom is -0.370 e. The lowest BCUT2D eigenvalue weighted by molar-refractivity contribution is 0.884. The summed E-state index contributed by atoms with van der Waals surface area (Å²) in [7, 11) is 0. The molecule has 2 heterocycles. The SMILES string of the molecule is S=C1NC2C=C[C@@H]3C1[C@@H]3C=C2. The molecule has 11 heavy (non-hydrogen) atoms. The molecule has 0 aromatic carbocycles. The molecule has 4 bridgehead atoms. The van der Waals surface area contributed by atoms with Crippen LogP contribution < -0.4 is 5.32 Å². The second-order valence-electron chi connectivity index (χ2n) is 3.48. The minimum atomic E-state index is 0.377. The summed E-state index contributed by atoms with van der Waals surface area (Å²) in [5.74, 6) is 2.07. The molecule has 4 aliphatic rings. The van der Waals surface area contributed by atoms with Crippen molar-refractivity contribution >= 4 is 17.2 Å². The average molecular weight is 163 g/mol. The first kappa shape index (κ1) is 5.95. The molecule has 2 unspecified atom stereocenters. The molecule has 2 aliphatic carbocycles. The highest BCUT2D eigenvalue weighted by molar-refractivity contribution is 7.80. The first-order valence-electron chi connectivity index (χ1n) is 4.03. The van der Waals surface area contributed by atoms with Gasteiger partial charge >= 0.3 is 0 Å². The fourth-order valence-corrected chi connectivity index (χ4v) is 2.57. The van der Waals surface area contributed by atoms with Crippen molar-refractivity contribution in [1.29, 1.82) is 0 Å². The van der Waals surface area contributed by atoms with Crippen LogP contribution in [0.2, 0.25) is 0 Å². The second kappa shape index (κ2) is 1.75. The van der Waals surface area contributed by atoms with E-state index in [1.54, 1.807) is 0 Å². The Morgan fingerprint density at radius 1 is 1.09 bits per heavy atom. The Morgan fingerprint density at radius 2 is 1.73 bits per heavy atom. The van der Waals surface area contributed by atoms with Gasteiger partial charge in [0.05, 0.1) is 11.0 Å². The molecule has 0 aromatic rings. The van der Waals surface area contributed by atoms with Crippen molar-refractivity contribution in [2.24, 2.45) is 17.8 Å². The zero-order chi connectivity index (χ0) is 7.42. The third kappa shape index (κ3) is 0.679. The van der Waals surface area contributed by atoms with Crippen LogP contribution in [0.3, 0.4) is 0 Å². The van der Waals surface area contributed by atoms with Crippen molar-refractivity contribution < 1.29 is 0 Å². The molecule has 1 fully saturated rings. The molecule has 0 radical (unpaired) electrons. The topological polar surface area (TPSA) is 12.0 Å². The van der Waals surface area contributed by atoms with E-state index in [0.29, 0.717) is 12.0 Å². The third-order valence-electron chi connectivity index (χ3n) is 2.83. The van der Waals surface area contributed by atoms with E-state index in [2.05, 4.69) is 29.6 Å². The van der Waals surface area contributed by atoms with E-state index in [-0.39, 0.29) is 0 Å². The Kier molecular flexibility index (Phi) is 0.946. The van der Waals surface area contributed by atoms with Gasteiger partial charge in [0, 0.05) is 5.92 Å². The van der Waals surface area contributed by atoms with Crippen LogP contribution in [-0.2, 0) is 0 Å². The highest BCUT2D eigenvalue weighted by Gasteiger charge is 2.51. The number of hydrogen-bond acceptors (Lipinski definition) is 1. The maximum Gasteiger partial charge on any atom is 0.0804 e. The predicted octanol–water partition coefficient (Wildman–Crippen LogP) is 1.27. The summed E-state index contributed by atoms with van der Waals surface area (Å²) in [4.78, 5) is 1.07. The Labute approximate surface area is 71.2 Å². The summed E-state index contributed by atoms with van der Waals surface area (Å²) in [5, 5.41) is 3.32. The van der Waals surface area contributed by atoms with Crippen LogP contribution in [0, 0.1) is 17.8 Å². The van der Waals surface area contributed by atoms with Crippen molar-refractivity contribution in [2.45, 2.75) is 6.04 Å². The molecule has 56 valence electrons.